The van der Waals surface area contributed by atoms with Gasteiger partial charge in [0, 0.05) is 19.0 Å². The third-order valence-corrected chi connectivity index (χ3v) is 8.86. The van der Waals surface area contributed by atoms with Gasteiger partial charge < -0.3 is 19.6 Å². The predicted molar refractivity (Wildman–Crippen MR) is 165 cm³/mol. The highest BCUT2D eigenvalue weighted by Gasteiger charge is 2.37. The zero-order valence-electron chi connectivity index (χ0n) is 25.0. The second kappa shape index (κ2) is 15.4. The third-order valence-electron chi connectivity index (χ3n) is 8.12. The number of oxime groups is 1. The lowest BCUT2D eigenvalue weighted by Crippen LogP contribution is -2.43. The molecule has 0 aromatic heterocycles. The van der Waals surface area contributed by atoms with E-state index in [1.807, 2.05) is 30.3 Å². The van der Waals surface area contributed by atoms with Crippen molar-refractivity contribution >= 4 is 28.9 Å². The molecule has 1 saturated heterocycles. The molecule has 0 saturated carbocycles. The average Bonchev–Trinajstić information content (AvgIpc) is 3.01. The van der Waals surface area contributed by atoms with Crippen molar-refractivity contribution in [1.82, 2.24) is 4.90 Å². The van der Waals surface area contributed by atoms with Gasteiger partial charge in [-0.25, -0.2) is 0 Å². The van der Waals surface area contributed by atoms with E-state index in [2.05, 4.69) is 10.1 Å². The fourth-order valence-corrected chi connectivity index (χ4v) is 5.89. The molecule has 13 heteroatoms. The van der Waals surface area contributed by atoms with E-state index < -0.39 is 29.1 Å². The highest BCUT2D eigenvalue weighted by atomic mass is 35.5. The van der Waals surface area contributed by atoms with Crippen molar-refractivity contribution in [2.75, 3.05) is 40.0 Å². The summed E-state index contributed by atoms with van der Waals surface area (Å²) in [7, 11) is 1.36. The number of halogens is 8. The van der Waals surface area contributed by atoms with Crippen molar-refractivity contribution in [3.05, 3.63) is 105 Å². The summed E-state index contributed by atoms with van der Waals surface area (Å²) < 4.78 is 85.4. The summed E-state index contributed by atoms with van der Waals surface area (Å²) in [5, 5.41) is 16.1. The number of nitrogens with zero attached hydrogens (tertiary/aromatic N) is 2. The maximum absolute atomic E-state index is 13.3. The summed E-state index contributed by atoms with van der Waals surface area (Å²) in [6.07, 6.45) is -8.39. The van der Waals surface area contributed by atoms with Gasteiger partial charge in [0.25, 0.3) is 0 Å². The number of piperidine rings is 1. The molecule has 1 unspecified atom stereocenters. The highest BCUT2D eigenvalue weighted by molar-refractivity contribution is 6.42. The SMILES string of the molecule is CO/N=C(\COCCc1cc(C(F)(F)F)cc(C(F)(F)F)c1)C(CCN1CCC(O)(c2ccccc2)CC1)c1ccc(Cl)c(Cl)c1. The van der Waals surface area contributed by atoms with E-state index in [1.165, 1.54) is 7.11 Å². The zero-order valence-corrected chi connectivity index (χ0v) is 26.5. The summed E-state index contributed by atoms with van der Waals surface area (Å²) in [6.45, 7) is 1.67. The number of benzene rings is 3. The van der Waals surface area contributed by atoms with Crippen LogP contribution in [-0.2, 0) is 33.9 Å². The standard InChI is InChI=1S/C33H34Cl2F6N2O3/c1-45-42-30(21-46-16-10-22-17-25(32(36,37)38)20-26(18-22)33(39,40)41)27(23-7-8-28(34)29(35)19-23)9-13-43-14-11-31(44,12-15-43)24-5-3-2-4-6-24/h2-8,17-20,27,44H,9-16,21H2,1H3/b42-30+. The molecule has 3 aromatic carbocycles. The molecule has 0 bridgehead atoms. The van der Waals surface area contributed by atoms with Gasteiger partial charge in [-0.2, -0.15) is 26.3 Å². The Bertz CT molecular complexity index is 1440. The summed E-state index contributed by atoms with van der Waals surface area (Å²) in [4.78, 5) is 7.34. The van der Waals surface area contributed by atoms with Gasteiger partial charge in [-0.15, -0.1) is 0 Å². The Morgan fingerprint density at radius 3 is 2.11 bits per heavy atom. The highest BCUT2D eigenvalue weighted by Crippen LogP contribution is 2.37. The first-order valence-electron chi connectivity index (χ1n) is 14.6. The molecule has 5 nitrogen and oxygen atoms in total. The first kappa shape index (κ1) is 36.0. The molecule has 1 atom stereocenters. The van der Waals surface area contributed by atoms with Crippen LogP contribution in [0.3, 0.4) is 0 Å². The zero-order chi connectivity index (χ0) is 33.5. The van der Waals surface area contributed by atoms with Crippen molar-refractivity contribution in [2.45, 2.75) is 49.6 Å². The molecule has 4 rings (SSSR count). The second-order valence-corrected chi connectivity index (χ2v) is 12.1. The van der Waals surface area contributed by atoms with Gasteiger partial charge in [-0.3, -0.25) is 0 Å². The average molecular weight is 692 g/mol. The van der Waals surface area contributed by atoms with Crippen molar-refractivity contribution in [3.63, 3.8) is 0 Å². The van der Waals surface area contributed by atoms with Crippen molar-refractivity contribution < 1.29 is 41.0 Å². The van der Waals surface area contributed by atoms with E-state index in [0.29, 0.717) is 66.8 Å². The minimum absolute atomic E-state index is 0.0973. The Labute approximate surface area is 273 Å². The molecule has 1 fully saturated rings. The first-order valence-corrected chi connectivity index (χ1v) is 15.4. The van der Waals surface area contributed by atoms with Crippen LogP contribution in [0.25, 0.3) is 0 Å². The van der Waals surface area contributed by atoms with Crippen LogP contribution in [0.15, 0.2) is 71.9 Å². The van der Waals surface area contributed by atoms with Crippen LogP contribution in [-0.4, -0.2) is 55.7 Å². The van der Waals surface area contributed by atoms with E-state index >= 15 is 0 Å². The lowest BCUT2D eigenvalue weighted by molar-refractivity contribution is -0.143. The van der Waals surface area contributed by atoms with Gasteiger partial charge in [-0.05, 0) is 79.3 Å². The third kappa shape index (κ3) is 9.60. The summed E-state index contributed by atoms with van der Waals surface area (Å²) in [5.41, 5.74) is -1.70. The molecule has 1 N–H and O–H groups in total. The number of likely N-dealkylation sites (tertiary alicyclic amines) is 1. The van der Waals surface area contributed by atoms with Crippen LogP contribution < -0.4 is 0 Å². The number of hydrogen-bond acceptors (Lipinski definition) is 5. The van der Waals surface area contributed by atoms with Gasteiger partial charge in [0.2, 0.25) is 0 Å². The Hall–Kier alpha value is -2.83. The van der Waals surface area contributed by atoms with Crippen LogP contribution in [0.1, 0.15) is 53.0 Å². The molecule has 1 heterocycles. The van der Waals surface area contributed by atoms with Crippen LogP contribution in [0.4, 0.5) is 26.3 Å². The molecule has 0 aliphatic carbocycles. The molecule has 0 radical (unpaired) electrons. The second-order valence-electron chi connectivity index (χ2n) is 11.2. The van der Waals surface area contributed by atoms with Crippen molar-refractivity contribution in [3.8, 4) is 0 Å². The van der Waals surface area contributed by atoms with Crippen LogP contribution in [0, 0.1) is 0 Å². The van der Waals surface area contributed by atoms with Crippen LogP contribution in [0.2, 0.25) is 10.0 Å². The number of aliphatic hydroxyl groups is 1. The minimum atomic E-state index is -4.93. The van der Waals surface area contributed by atoms with E-state index in [4.69, 9.17) is 32.8 Å². The predicted octanol–water partition coefficient (Wildman–Crippen LogP) is 8.75. The largest absolute Gasteiger partial charge is 0.416 e. The minimum Gasteiger partial charge on any atom is -0.399 e. The van der Waals surface area contributed by atoms with Crippen molar-refractivity contribution in [2.24, 2.45) is 5.16 Å². The van der Waals surface area contributed by atoms with Gasteiger partial charge in [0.05, 0.1) is 45.7 Å². The Kier molecular flexibility index (Phi) is 12.0. The Morgan fingerprint density at radius 2 is 1.54 bits per heavy atom. The number of hydrogen-bond donors (Lipinski definition) is 1. The fourth-order valence-electron chi connectivity index (χ4n) is 5.59. The molecular formula is C33H34Cl2F6N2O3. The molecule has 1 aliphatic heterocycles. The first-order chi connectivity index (χ1) is 21.7. The summed E-state index contributed by atoms with van der Waals surface area (Å²) in [5.74, 6) is -0.366. The topological polar surface area (TPSA) is 54.3 Å². The van der Waals surface area contributed by atoms with Crippen LogP contribution >= 0.6 is 23.2 Å². The van der Waals surface area contributed by atoms with Gasteiger partial charge in [-0.1, -0.05) is 64.8 Å². The molecule has 0 amide bonds. The lowest BCUT2D eigenvalue weighted by atomic mass is 9.84. The lowest BCUT2D eigenvalue weighted by Gasteiger charge is -2.39. The number of alkyl halides is 6. The summed E-state index contributed by atoms with van der Waals surface area (Å²) in [6, 6.07) is 16.2. The van der Waals surface area contributed by atoms with E-state index in [1.54, 1.807) is 18.2 Å². The Balaban J connectivity index is 1.45. The van der Waals surface area contributed by atoms with Gasteiger partial charge in [0.1, 0.15) is 7.11 Å². The van der Waals surface area contributed by atoms with Crippen molar-refractivity contribution in [1.29, 1.82) is 0 Å². The van der Waals surface area contributed by atoms with E-state index in [9.17, 15) is 31.4 Å². The van der Waals surface area contributed by atoms with E-state index in [-0.39, 0.29) is 37.2 Å². The summed E-state index contributed by atoms with van der Waals surface area (Å²) >= 11 is 12.5. The quantitative estimate of drug-likeness (QED) is 0.0894. The van der Waals surface area contributed by atoms with Gasteiger partial charge in [0.15, 0.2) is 0 Å². The normalized spacial score (nSPS) is 16.8. The van der Waals surface area contributed by atoms with E-state index in [0.717, 1.165) is 11.1 Å². The van der Waals surface area contributed by atoms with Gasteiger partial charge >= 0.3 is 12.4 Å². The van der Waals surface area contributed by atoms with Crippen LogP contribution in [0.5, 0.6) is 0 Å². The Morgan fingerprint density at radius 1 is 0.913 bits per heavy atom. The monoisotopic (exact) mass is 690 g/mol. The molecule has 1 aliphatic rings. The maximum atomic E-state index is 13.3. The molecule has 46 heavy (non-hydrogen) atoms. The molecule has 250 valence electrons. The molecule has 3 aromatic rings. The smallest absolute Gasteiger partial charge is 0.399 e. The number of rotatable bonds is 12. The number of ether oxygens (including phenoxy) is 1. The molecule has 0 spiro atoms. The maximum Gasteiger partial charge on any atom is 0.416 e. The molecular weight excluding hydrogens is 657 g/mol. The fraction of sp³-hybridized carbons (Fsp3) is 0.424.